The van der Waals surface area contributed by atoms with E-state index in [-0.39, 0.29) is 0 Å². The molecule has 6 heteroatoms. The SMILES string of the molecule is CCCc1nc2cnc3cccnc3c2n1CC1(O)CCOC1. The standard InChI is InChI=1S/C17H20N4O2/c1-2-4-14-20-13-9-19-12-5-3-7-18-15(12)16(13)21(14)10-17(22)6-8-23-11-17/h3,5,7,9,22H,2,4,6,8,10-11H2,1H3. The van der Waals surface area contributed by atoms with Gasteiger partial charge in [0.25, 0.3) is 0 Å². The lowest BCUT2D eigenvalue weighted by atomic mass is 10.0. The summed E-state index contributed by atoms with van der Waals surface area (Å²) >= 11 is 0. The Kier molecular flexibility index (Phi) is 3.50. The summed E-state index contributed by atoms with van der Waals surface area (Å²) in [5.74, 6) is 0.975. The van der Waals surface area contributed by atoms with Crippen LogP contribution < -0.4 is 0 Å². The fourth-order valence-corrected chi connectivity index (χ4v) is 3.27. The summed E-state index contributed by atoms with van der Waals surface area (Å²) in [5, 5.41) is 10.8. The van der Waals surface area contributed by atoms with Gasteiger partial charge in [-0.3, -0.25) is 9.97 Å². The summed E-state index contributed by atoms with van der Waals surface area (Å²) in [6.07, 6.45) is 6.07. The van der Waals surface area contributed by atoms with E-state index in [1.54, 1.807) is 12.4 Å². The molecule has 0 saturated carbocycles. The number of pyridine rings is 2. The van der Waals surface area contributed by atoms with Gasteiger partial charge in [-0.1, -0.05) is 6.92 Å². The number of hydrogen-bond acceptors (Lipinski definition) is 5. The molecule has 1 N–H and O–H groups in total. The quantitative estimate of drug-likeness (QED) is 0.798. The molecule has 3 aromatic heterocycles. The van der Waals surface area contributed by atoms with Crippen LogP contribution in [0.25, 0.3) is 22.1 Å². The van der Waals surface area contributed by atoms with Crippen molar-refractivity contribution < 1.29 is 9.84 Å². The second kappa shape index (κ2) is 5.54. The highest BCUT2D eigenvalue weighted by Gasteiger charge is 2.34. The summed E-state index contributed by atoms with van der Waals surface area (Å²) in [5.41, 5.74) is 2.64. The van der Waals surface area contributed by atoms with E-state index in [0.29, 0.717) is 26.2 Å². The number of aliphatic hydroxyl groups is 1. The molecule has 6 nitrogen and oxygen atoms in total. The minimum atomic E-state index is -0.833. The first-order valence-electron chi connectivity index (χ1n) is 8.09. The number of rotatable bonds is 4. The molecule has 23 heavy (non-hydrogen) atoms. The number of imidazole rings is 1. The highest BCUT2D eigenvalue weighted by Crippen LogP contribution is 2.28. The van der Waals surface area contributed by atoms with Crippen molar-refractivity contribution in [2.24, 2.45) is 0 Å². The highest BCUT2D eigenvalue weighted by molar-refractivity contribution is 5.99. The molecule has 120 valence electrons. The van der Waals surface area contributed by atoms with Gasteiger partial charge in [-0.15, -0.1) is 0 Å². The lowest BCUT2D eigenvalue weighted by Gasteiger charge is -2.22. The lowest BCUT2D eigenvalue weighted by Crippen LogP contribution is -2.35. The van der Waals surface area contributed by atoms with Crippen LogP contribution in [-0.2, 0) is 17.7 Å². The molecule has 0 aromatic carbocycles. The molecule has 1 saturated heterocycles. The van der Waals surface area contributed by atoms with E-state index in [0.717, 1.165) is 40.7 Å². The van der Waals surface area contributed by atoms with Crippen molar-refractivity contribution in [3.63, 3.8) is 0 Å². The molecule has 1 aliphatic rings. The number of ether oxygens (including phenoxy) is 1. The van der Waals surface area contributed by atoms with Crippen LogP contribution in [0, 0.1) is 0 Å². The Hall–Kier alpha value is -2.05. The molecule has 1 unspecified atom stereocenters. The van der Waals surface area contributed by atoms with E-state index in [9.17, 15) is 5.11 Å². The van der Waals surface area contributed by atoms with Crippen LogP contribution in [0.3, 0.4) is 0 Å². The number of hydrogen-bond donors (Lipinski definition) is 1. The fourth-order valence-electron chi connectivity index (χ4n) is 3.27. The van der Waals surface area contributed by atoms with E-state index in [4.69, 9.17) is 9.72 Å². The van der Waals surface area contributed by atoms with Crippen LogP contribution in [0.1, 0.15) is 25.6 Å². The molecule has 4 rings (SSSR count). The van der Waals surface area contributed by atoms with Crippen LogP contribution in [0.5, 0.6) is 0 Å². The van der Waals surface area contributed by atoms with Crippen molar-refractivity contribution in [3.8, 4) is 0 Å². The van der Waals surface area contributed by atoms with Gasteiger partial charge in [0.1, 0.15) is 22.5 Å². The van der Waals surface area contributed by atoms with E-state index < -0.39 is 5.60 Å². The van der Waals surface area contributed by atoms with Crippen LogP contribution in [0.2, 0.25) is 0 Å². The molecule has 0 spiro atoms. The number of nitrogens with zero attached hydrogens (tertiary/aromatic N) is 4. The monoisotopic (exact) mass is 312 g/mol. The second-order valence-corrected chi connectivity index (χ2v) is 6.25. The zero-order valence-corrected chi connectivity index (χ0v) is 13.2. The molecule has 0 aliphatic carbocycles. The predicted molar refractivity (Wildman–Crippen MR) is 87.2 cm³/mol. The summed E-state index contributed by atoms with van der Waals surface area (Å²) in [7, 11) is 0. The molecule has 4 heterocycles. The van der Waals surface area contributed by atoms with Crippen LogP contribution in [-0.4, -0.2) is 43.4 Å². The van der Waals surface area contributed by atoms with Crippen molar-refractivity contribution in [3.05, 3.63) is 30.4 Å². The Labute approximate surface area is 134 Å². The summed E-state index contributed by atoms with van der Waals surface area (Å²) in [6.45, 7) is 3.59. The van der Waals surface area contributed by atoms with Gasteiger partial charge in [0.15, 0.2) is 0 Å². The van der Waals surface area contributed by atoms with E-state index in [1.807, 2.05) is 12.1 Å². The first-order chi connectivity index (χ1) is 11.2. The van der Waals surface area contributed by atoms with Gasteiger partial charge in [-0.2, -0.15) is 0 Å². The molecule has 1 atom stereocenters. The number of fused-ring (bicyclic) bond motifs is 3. The third-order valence-corrected chi connectivity index (χ3v) is 4.42. The van der Waals surface area contributed by atoms with Gasteiger partial charge < -0.3 is 14.4 Å². The minimum absolute atomic E-state index is 0.370. The zero-order chi connectivity index (χ0) is 15.9. The van der Waals surface area contributed by atoms with Gasteiger partial charge in [0, 0.05) is 25.6 Å². The Bertz CT molecular complexity index is 852. The normalized spacial score (nSPS) is 21.5. The average molecular weight is 312 g/mol. The predicted octanol–water partition coefficient (Wildman–Crippen LogP) is 2.08. The van der Waals surface area contributed by atoms with Gasteiger partial charge >= 0.3 is 0 Å². The third kappa shape index (κ3) is 2.48. The average Bonchev–Trinajstić information content (AvgIpc) is 3.13. The number of aryl methyl sites for hydroxylation is 1. The topological polar surface area (TPSA) is 73.1 Å². The summed E-state index contributed by atoms with van der Waals surface area (Å²) in [4.78, 5) is 13.7. The van der Waals surface area contributed by atoms with Gasteiger partial charge in [0.2, 0.25) is 0 Å². The fraction of sp³-hybridized carbons (Fsp3) is 0.471. The summed E-state index contributed by atoms with van der Waals surface area (Å²) in [6, 6.07) is 3.83. The Morgan fingerprint density at radius 2 is 2.26 bits per heavy atom. The maximum atomic E-state index is 10.8. The smallest absolute Gasteiger partial charge is 0.115 e. The maximum Gasteiger partial charge on any atom is 0.115 e. The Morgan fingerprint density at radius 3 is 3.04 bits per heavy atom. The molecule has 0 radical (unpaired) electrons. The van der Waals surface area contributed by atoms with E-state index >= 15 is 0 Å². The molecule has 0 amide bonds. The Balaban J connectivity index is 1.94. The first-order valence-corrected chi connectivity index (χ1v) is 8.09. The molecular formula is C17H20N4O2. The van der Waals surface area contributed by atoms with Gasteiger partial charge in [0.05, 0.1) is 30.4 Å². The molecule has 0 bridgehead atoms. The lowest BCUT2D eigenvalue weighted by molar-refractivity contribution is 0.0121. The molecule has 1 aliphatic heterocycles. The van der Waals surface area contributed by atoms with Crippen molar-refractivity contribution in [1.82, 2.24) is 19.5 Å². The van der Waals surface area contributed by atoms with Crippen molar-refractivity contribution >= 4 is 22.1 Å². The van der Waals surface area contributed by atoms with Crippen LogP contribution in [0.15, 0.2) is 24.5 Å². The second-order valence-electron chi connectivity index (χ2n) is 6.25. The van der Waals surface area contributed by atoms with Gasteiger partial charge in [-0.25, -0.2) is 4.98 Å². The first kappa shape index (κ1) is 14.5. The van der Waals surface area contributed by atoms with Gasteiger partial charge in [-0.05, 0) is 18.6 Å². The van der Waals surface area contributed by atoms with Crippen LogP contribution in [0.4, 0.5) is 0 Å². The van der Waals surface area contributed by atoms with Crippen molar-refractivity contribution in [2.45, 2.75) is 38.3 Å². The minimum Gasteiger partial charge on any atom is -0.386 e. The van der Waals surface area contributed by atoms with Crippen LogP contribution >= 0.6 is 0 Å². The summed E-state index contributed by atoms with van der Waals surface area (Å²) < 4.78 is 7.51. The van der Waals surface area contributed by atoms with E-state index in [2.05, 4.69) is 21.5 Å². The van der Waals surface area contributed by atoms with Crippen molar-refractivity contribution in [1.29, 1.82) is 0 Å². The zero-order valence-electron chi connectivity index (χ0n) is 13.2. The Morgan fingerprint density at radius 1 is 1.35 bits per heavy atom. The highest BCUT2D eigenvalue weighted by atomic mass is 16.5. The largest absolute Gasteiger partial charge is 0.386 e. The molecule has 1 fully saturated rings. The van der Waals surface area contributed by atoms with Crippen molar-refractivity contribution in [2.75, 3.05) is 13.2 Å². The number of aromatic nitrogens is 4. The third-order valence-electron chi connectivity index (χ3n) is 4.42. The maximum absolute atomic E-state index is 10.8. The molecular weight excluding hydrogens is 292 g/mol. The van der Waals surface area contributed by atoms with E-state index in [1.165, 1.54) is 0 Å². The molecule has 3 aromatic rings.